The van der Waals surface area contributed by atoms with E-state index in [1.807, 2.05) is 6.92 Å². The summed E-state index contributed by atoms with van der Waals surface area (Å²) in [5, 5.41) is 21.7. The Morgan fingerprint density at radius 2 is 2.06 bits per heavy atom. The molecule has 2 N–H and O–H groups in total. The second kappa shape index (κ2) is 6.10. The number of oxime groups is 1. The van der Waals surface area contributed by atoms with Crippen LogP contribution in [0.3, 0.4) is 0 Å². The van der Waals surface area contributed by atoms with Crippen molar-refractivity contribution in [3.05, 3.63) is 42.5 Å². The van der Waals surface area contributed by atoms with Gasteiger partial charge in [0.25, 0.3) is 0 Å². The van der Waals surface area contributed by atoms with Gasteiger partial charge in [0.1, 0.15) is 6.61 Å². The molecule has 0 bridgehead atoms. The van der Waals surface area contributed by atoms with Crippen LogP contribution in [0, 0.1) is 0 Å². The lowest BCUT2D eigenvalue weighted by Gasteiger charge is -2.03. The first-order valence-electron chi connectivity index (χ1n) is 4.89. The summed E-state index contributed by atoms with van der Waals surface area (Å²) in [5.74, 6) is 0. The van der Waals surface area contributed by atoms with Crippen LogP contribution in [0.4, 0.5) is 0 Å². The Morgan fingerprint density at radius 3 is 2.56 bits per heavy atom. The van der Waals surface area contributed by atoms with Crippen molar-refractivity contribution in [1.82, 2.24) is 0 Å². The van der Waals surface area contributed by atoms with Gasteiger partial charge in [0.15, 0.2) is 0 Å². The molecule has 1 rings (SSSR count). The minimum absolute atomic E-state index is 0.366. The summed E-state index contributed by atoms with van der Waals surface area (Å²) in [6.07, 6.45) is 1.61. The van der Waals surface area contributed by atoms with Crippen LogP contribution >= 0.6 is 0 Å². The first-order valence-corrected chi connectivity index (χ1v) is 4.89. The second-order valence-corrected chi connectivity index (χ2v) is 3.26. The molecule has 0 atom stereocenters. The zero-order chi connectivity index (χ0) is 12.0. The van der Waals surface area contributed by atoms with Crippen molar-refractivity contribution in [3.8, 4) is 0 Å². The van der Waals surface area contributed by atoms with E-state index in [0.717, 1.165) is 11.3 Å². The molecule has 0 saturated heterocycles. The molecule has 0 aromatic heterocycles. The molecular weight excluding hydrogens is 205 g/mol. The monoisotopic (exact) mass is 219 g/mol. The molecule has 0 heterocycles. The van der Waals surface area contributed by atoms with Gasteiger partial charge in [0, 0.05) is 0 Å². The van der Waals surface area contributed by atoms with E-state index in [2.05, 4.69) is 11.7 Å². The van der Waals surface area contributed by atoms with Crippen molar-refractivity contribution in [3.63, 3.8) is 0 Å². The van der Waals surface area contributed by atoms with Crippen LogP contribution in [-0.2, 0) is 4.84 Å². The van der Waals surface area contributed by atoms with Crippen LogP contribution in [0.5, 0.6) is 0 Å². The van der Waals surface area contributed by atoms with E-state index in [4.69, 9.17) is 14.9 Å². The van der Waals surface area contributed by atoms with Gasteiger partial charge < -0.3 is 14.9 Å². The highest BCUT2D eigenvalue weighted by Crippen LogP contribution is 2.00. The average molecular weight is 219 g/mol. The molecule has 0 spiro atoms. The molecule has 0 aliphatic rings. The van der Waals surface area contributed by atoms with E-state index in [0.29, 0.717) is 12.1 Å². The number of benzene rings is 1. The van der Waals surface area contributed by atoms with Crippen molar-refractivity contribution >= 4 is 18.3 Å². The number of rotatable bonds is 5. The lowest BCUT2D eigenvalue weighted by molar-refractivity contribution is 0.175. The summed E-state index contributed by atoms with van der Waals surface area (Å²) < 4.78 is 0. The van der Waals surface area contributed by atoms with E-state index in [-0.39, 0.29) is 0 Å². The van der Waals surface area contributed by atoms with Crippen LogP contribution in [0.2, 0.25) is 0 Å². The van der Waals surface area contributed by atoms with Crippen molar-refractivity contribution in [2.45, 2.75) is 6.92 Å². The van der Waals surface area contributed by atoms with E-state index in [1.165, 1.54) is 0 Å². The molecule has 5 heteroatoms. The van der Waals surface area contributed by atoms with Gasteiger partial charge in [-0.3, -0.25) is 0 Å². The van der Waals surface area contributed by atoms with Crippen LogP contribution in [0.25, 0.3) is 0 Å². The molecule has 84 valence electrons. The maximum atomic E-state index is 8.92. The normalized spacial score (nSPS) is 11.1. The molecule has 0 saturated carbocycles. The fourth-order valence-corrected chi connectivity index (χ4v) is 1.14. The molecular formula is C11H14BNO3. The molecule has 0 aliphatic heterocycles. The average Bonchev–Trinajstić information content (AvgIpc) is 2.29. The maximum Gasteiger partial charge on any atom is 0.488 e. The predicted octanol–water partition coefficient (Wildman–Crippen LogP) is 0.293. The summed E-state index contributed by atoms with van der Waals surface area (Å²) in [5.41, 5.74) is 2.04. The van der Waals surface area contributed by atoms with Gasteiger partial charge in [0.05, 0.1) is 5.71 Å². The third-order valence-electron chi connectivity index (χ3n) is 2.02. The summed E-state index contributed by atoms with van der Waals surface area (Å²) in [7, 11) is -1.44. The smallest absolute Gasteiger partial charge is 0.423 e. The van der Waals surface area contributed by atoms with Crippen LogP contribution < -0.4 is 5.46 Å². The summed E-state index contributed by atoms with van der Waals surface area (Å²) >= 11 is 0. The van der Waals surface area contributed by atoms with Crippen molar-refractivity contribution in [2.75, 3.05) is 6.61 Å². The summed E-state index contributed by atoms with van der Waals surface area (Å²) in [6.45, 7) is 5.69. The topological polar surface area (TPSA) is 62.0 Å². The Morgan fingerprint density at radius 1 is 1.44 bits per heavy atom. The largest absolute Gasteiger partial charge is 0.488 e. The van der Waals surface area contributed by atoms with E-state index in [9.17, 15) is 0 Å². The Labute approximate surface area is 95.0 Å². The quantitative estimate of drug-likeness (QED) is 0.246. The Balaban J connectivity index is 2.73. The Hall–Kier alpha value is -1.59. The minimum atomic E-state index is -1.44. The van der Waals surface area contributed by atoms with Gasteiger partial charge in [0.2, 0.25) is 0 Å². The minimum Gasteiger partial charge on any atom is -0.423 e. The number of hydrogen-bond donors (Lipinski definition) is 2. The van der Waals surface area contributed by atoms with Crippen LogP contribution in [0.15, 0.2) is 42.1 Å². The number of nitrogens with zero attached hydrogens (tertiary/aromatic N) is 1. The second-order valence-electron chi connectivity index (χ2n) is 3.26. The van der Waals surface area contributed by atoms with Crippen molar-refractivity contribution in [1.29, 1.82) is 0 Å². The van der Waals surface area contributed by atoms with Gasteiger partial charge in [-0.05, 0) is 17.9 Å². The first-order chi connectivity index (χ1) is 7.65. The molecule has 0 fully saturated rings. The van der Waals surface area contributed by atoms with Gasteiger partial charge in [-0.2, -0.15) is 0 Å². The highest BCUT2D eigenvalue weighted by molar-refractivity contribution is 6.58. The van der Waals surface area contributed by atoms with Gasteiger partial charge >= 0.3 is 7.12 Å². The Kier molecular flexibility index (Phi) is 4.76. The first kappa shape index (κ1) is 12.5. The lowest BCUT2D eigenvalue weighted by Crippen LogP contribution is -2.29. The zero-order valence-corrected chi connectivity index (χ0v) is 9.13. The van der Waals surface area contributed by atoms with Gasteiger partial charge in [-0.1, -0.05) is 42.1 Å². The van der Waals surface area contributed by atoms with E-state index in [1.54, 1.807) is 30.3 Å². The third kappa shape index (κ3) is 3.53. The van der Waals surface area contributed by atoms with Gasteiger partial charge in [-0.15, -0.1) is 0 Å². The van der Waals surface area contributed by atoms with E-state index < -0.39 is 7.12 Å². The molecule has 0 aliphatic carbocycles. The predicted molar refractivity (Wildman–Crippen MR) is 64.6 cm³/mol. The van der Waals surface area contributed by atoms with Crippen molar-refractivity contribution < 1.29 is 14.9 Å². The molecule has 1 aromatic rings. The summed E-state index contributed by atoms with van der Waals surface area (Å²) in [4.78, 5) is 4.95. The molecule has 0 radical (unpaired) electrons. The third-order valence-corrected chi connectivity index (χ3v) is 2.02. The fourth-order valence-electron chi connectivity index (χ4n) is 1.14. The zero-order valence-electron chi connectivity index (χ0n) is 9.13. The standard InChI is InChI=1S/C11H14BNO3/c1-3-8-16-13-9(2)10-4-6-11(7-5-10)12(14)15/h3-7,14-15H,1,8H2,2H3/b13-9+. The van der Waals surface area contributed by atoms with Crippen LogP contribution in [0.1, 0.15) is 12.5 Å². The van der Waals surface area contributed by atoms with Crippen molar-refractivity contribution in [2.24, 2.45) is 5.16 Å². The molecule has 0 amide bonds. The SMILES string of the molecule is C=CCO/N=C(\C)c1ccc(B(O)O)cc1. The van der Waals surface area contributed by atoms with Crippen LogP contribution in [-0.4, -0.2) is 29.5 Å². The Bertz CT molecular complexity index is 373. The molecule has 1 aromatic carbocycles. The lowest BCUT2D eigenvalue weighted by atomic mass is 9.80. The van der Waals surface area contributed by atoms with E-state index >= 15 is 0 Å². The number of hydrogen-bond acceptors (Lipinski definition) is 4. The highest BCUT2D eigenvalue weighted by atomic mass is 16.6. The molecule has 4 nitrogen and oxygen atoms in total. The maximum absolute atomic E-state index is 8.92. The van der Waals surface area contributed by atoms with Gasteiger partial charge in [-0.25, -0.2) is 0 Å². The highest BCUT2D eigenvalue weighted by Gasteiger charge is 2.10. The molecule has 16 heavy (non-hydrogen) atoms. The summed E-state index contributed by atoms with van der Waals surface area (Å²) in [6, 6.07) is 6.77. The fraction of sp³-hybridized carbons (Fsp3) is 0.182. The molecule has 0 unspecified atom stereocenters.